The molecule has 0 aromatic carbocycles. The predicted molar refractivity (Wildman–Crippen MR) is 120 cm³/mol. The lowest BCUT2D eigenvalue weighted by Crippen LogP contribution is -2.43. The van der Waals surface area contributed by atoms with Gasteiger partial charge in [0.25, 0.3) is 5.91 Å². The Labute approximate surface area is 189 Å². The van der Waals surface area contributed by atoms with Crippen molar-refractivity contribution in [3.8, 4) is 0 Å². The molecule has 3 rings (SSSR count). The number of carbonyl (C=O) groups excluding carboxylic acids is 2. The van der Waals surface area contributed by atoms with Crippen LogP contribution in [0.5, 0.6) is 0 Å². The van der Waals surface area contributed by atoms with Gasteiger partial charge in [0.15, 0.2) is 11.4 Å². The van der Waals surface area contributed by atoms with Crippen molar-refractivity contribution in [2.75, 3.05) is 0 Å². The molecule has 1 aliphatic heterocycles. The van der Waals surface area contributed by atoms with Crippen molar-refractivity contribution in [3.05, 3.63) is 35.1 Å². The van der Waals surface area contributed by atoms with E-state index >= 15 is 0 Å². The molecular formula is C25H35NO6. The van der Waals surface area contributed by atoms with Gasteiger partial charge >= 0.3 is 5.97 Å². The standard InChI is InChI=1S/C25H35NO6/c1-6-13(3)16-8-7-15-10-12(2)9-14(4)18(15)19(16)22(28)20-21(27)17(26-23(20)29)11-25(5,32)24(30)31/h6-8,12,14-19,28,32H,9-11H2,1-5H3,(H,26,29)(H,30,31)/b13-6+,22-20-/t12-,14+,15-,16-,17-,18-,19-,25-/m0/s1. The first kappa shape index (κ1) is 24.2. The van der Waals surface area contributed by atoms with Crippen molar-refractivity contribution in [1.29, 1.82) is 0 Å². The van der Waals surface area contributed by atoms with Gasteiger partial charge in [0, 0.05) is 18.3 Å². The van der Waals surface area contributed by atoms with Gasteiger partial charge in [-0.2, -0.15) is 0 Å². The lowest BCUT2D eigenvalue weighted by atomic mass is 9.57. The molecule has 0 aromatic heterocycles. The van der Waals surface area contributed by atoms with Gasteiger partial charge in [0.05, 0.1) is 6.04 Å². The van der Waals surface area contributed by atoms with Crippen LogP contribution in [-0.2, 0) is 14.4 Å². The molecule has 4 N–H and O–H groups in total. The second kappa shape index (κ2) is 8.85. The summed E-state index contributed by atoms with van der Waals surface area (Å²) in [4.78, 5) is 37.1. The average molecular weight is 446 g/mol. The molecule has 0 spiro atoms. The van der Waals surface area contributed by atoms with Gasteiger partial charge < -0.3 is 20.6 Å². The number of hydrogen-bond acceptors (Lipinski definition) is 5. The van der Waals surface area contributed by atoms with Gasteiger partial charge in [-0.05, 0) is 57.3 Å². The number of aliphatic carboxylic acids is 1. The lowest BCUT2D eigenvalue weighted by molar-refractivity contribution is -0.158. The average Bonchev–Trinajstić information content (AvgIpc) is 2.98. The predicted octanol–water partition coefficient (Wildman–Crippen LogP) is 3.16. The first-order valence-corrected chi connectivity index (χ1v) is 11.4. The summed E-state index contributed by atoms with van der Waals surface area (Å²) in [6, 6.07) is -1.19. The summed E-state index contributed by atoms with van der Waals surface area (Å²) in [5.74, 6) is -2.39. The zero-order valence-electron chi connectivity index (χ0n) is 19.5. The maximum atomic E-state index is 13.1. The van der Waals surface area contributed by atoms with E-state index in [-0.39, 0.29) is 29.1 Å². The van der Waals surface area contributed by atoms with E-state index in [0.717, 1.165) is 25.3 Å². The maximum Gasteiger partial charge on any atom is 0.335 e. The number of carboxylic acid groups (broad SMARTS) is 1. The number of Topliss-reactive ketones (excluding diaryl/α,β-unsaturated/α-hetero) is 1. The third-order valence-electron chi connectivity index (χ3n) is 7.68. The smallest absolute Gasteiger partial charge is 0.335 e. The van der Waals surface area contributed by atoms with E-state index in [0.29, 0.717) is 11.8 Å². The number of nitrogens with one attached hydrogen (secondary N) is 1. The summed E-state index contributed by atoms with van der Waals surface area (Å²) in [7, 11) is 0. The third-order valence-corrected chi connectivity index (χ3v) is 7.68. The van der Waals surface area contributed by atoms with Crippen molar-refractivity contribution < 1.29 is 29.7 Å². The summed E-state index contributed by atoms with van der Waals surface area (Å²) in [5, 5.41) is 33.2. The highest BCUT2D eigenvalue weighted by Crippen LogP contribution is 2.51. The summed E-state index contributed by atoms with van der Waals surface area (Å²) >= 11 is 0. The van der Waals surface area contributed by atoms with Crippen molar-refractivity contribution in [2.45, 2.75) is 65.5 Å². The molecule has 176 valence electrons. The van der Waals surface area contributed by atoms with Crippen molar-refractivity contribution in [3.63, 3.8) is 0 Å². The van der Waals surface area contributed by atoms with Crippen molar-refractivity contribution in [1.82, 2.24) is 5.32 Å². The maximum absolute atomic E-state index is 13.1. The molecule has 1 saturated carbocycles. The number of allylic oxidation sites excluding steroid dienone is 5. The molecule has 7 heteroatoms. The number of fused-ring (bicyclic) bond motifs is 1. The number of carboxylic acids is 1. The monoisotopic (exact) mass is 445 g/mol. The van der Waals surface area contributed by atoms with Crippen LogP contribution < -0.4 is 5.32 Å². The summed E-state index contributed by atoms with van der Waals surface area (Å²) < 4.78 is 0. The van der Waals surface area contributed by atoms with Crippen LogP contribution in [0.3, 0.4) is 0 Å². The highest BCUT2D eigenvalue weighted by atomic mass is 16.4. The normalized spacial score (nSPS) is 38.7. The second-order valence-corrected chi connectivity index (χ2v) is 10.2. The van der Waals surface area contributed by atoms with E-state index in [1.54, 1.807) is 0 Å². The number of rotatable bonds is 5. The molecule has 2 aliphatic carbocycles. The molecule has 1 amide bonds. The van der Waals surface area contributed by atoms with Crippen LogP contribution in [0.15, 0.2) is 35.1 Å². The molecule has 2 fully saturated rings. The highest BCUT2D eigenvalue weighted by molar-refractivity contribution is 6.27. The molecule has 0 unspecified atom stereocenters. The molecule has 8 atom stereocenters. The Balaban J connectivity index is 2.04. The van der Waals surface area contributed by atoms with E-state index in [1.165, 1.54) is 0 Å². The molecule has 0 bridgehead atoms. The fourth-order valence-electron chi connectivity index (χ4n) is 5.98. The van der Waals surface area contributed by atoms with Crippen molar-refractivity contribution >= 4 is 17.7 Å². The van der Waals surface area contributed by atoms with Gasteiger partial charge in [-0.25, -0.2) is 4.79 Å². The fourth-order valence-corrected chi connectivity index (χ4v) is 5.98. The van der Waals surface area contributed by atoms with Gasteiger partial charge in [0.1, 0.15) is 11.3 Å². The number of aliphatic hydroxyl groups excluding tert-OH is 1. The van der Waals surface area contributed by atoms with Crippen molar-refractivity contribution in [2.24, 2.45) is 35.5 Å². The minimum atomic E-state index is -2.17. The van der Waals surface area contributed by atoms with Gasteiger partial charge in [0.2, 0.25) is 0 Å². The third kappa shape index (κ3) is 4.27. The Morgan fingerprint density at radius 2 is 1.88 bits per heavy atom. The zero-order valence-corrected chi connectivity index (χ0v) is 19.5. The molecule has 32 heavy (non-hydrogen) atoms. The molecular weight excluding hydrogens is 410 g/mol. The fraction of sp³-hybridized carbons (Fsp3) is 0.640. The van der Waals surface area contributed by atoms with E-state index < -0.39 is 41.6 Å². The van der Waals surface area contributed by atoms with E-state index in [2.05, 4.69) is 31.3 Å². The van der Waals surface area contributed by atoms with E-state index in [1.807, 2.05) is 19.9 Å². The van der Waals surface area contributed by atoms with E-state index in [9.17, 15) is 29.7 Å². The van der Waals surface area contributed by atoms with Gasteiger partial charge in [-0.15, -0.1) is 0 Å². The Bertz CT molecular complexity index is 898. The number of hydrogen-bond donors (Lipinski definition) is 4. The Morgan fingerprint density at radius 1 is 1.22 bits per heavy atom. The SMILES string of the molecule is C/C=C(\C)[C@@H]1C=C[C@H]2C[C@@H](C)C[C@@H](C)[C@@H]2[C@H]1/C(O)=C1/C(=O)N[C@@H](C[C@](C)(O)C(=O)O)C1=O. The largest absolute Gasteiger partial charge is 0.511 e. The molecule has 3 aliphatic rings. The number of amides is 1. The number of ketones is 1. The van der Waals surface area contributed by atoms with Gasteiger partial charge in [-0.3, -0.25) is 9.59 Å². The van der Waals surface area contributed by atoms with Crippen LogP contribution >= 0.6 is 0 Å². The lowest BCUT2D eigenvalue weighted by Gasteiger charge is -2.47. The molecule has 7 nitrogen and oxygen atoms in total. The molecule has 1 heterocycles. The number of aliphatic hydroxyl groups is 2. The first-order valence-electron chi connectivity index (χ1n) is 11.4. The Kier molecular flexibility index (Phi) is 6.70. The summed E-state index contributed by atoms with van der Waals surface area (Å²) in [6.45, 7) is 9.40. The van der Waals surface area contributed by atoms with Crippen LogP contribution in [0, 0.1) is 35.5 Å². The van der Waals surface area contributed by atoms with Gasteiger partial charge in [-0.1, -0.05) is 37.6 Å². The van der Waals surface area contributed by atoms with Crippen LogP contribution in [0.1, 0.15) is 53.9 Å². The van der Waals surface area contributed by atoms with Crippen LogP contribution in [0.4, 0.5) is 0 Å². The topological polar surface area (TPSA) is 124 Å². The summed E-state index contributed by atoms with van der Waals surface area (Å²) in [6.07, 6.45) is 7.85. The minimum Gasteiger partial charge on any atom is -0.511 e. The quantitative estimate of drug-likeness (QED) is 0.223. The van der Waals surface area contributed by atoms with Crippen LogP contribution in [-0.4, -0.2) is 44.6 Å². The Morgan fingerprint density at radius 3 is 2.47 bits per heavy atom. The van der Waals surface area contributed by atoms with Crippen LogP contribution in [0.25, 0.3) is 0 Å². The van der Waals surface area contributed by atoms with Crippen LogP contribution in [0.2, 0.25) is 0 Å². The second-order valence-electron chi connectivity index (χ2n) is 10.2. The molecule has 0 radical (unpaired) electrons. The first-order chi connectivity index (χ1) is 14.9. The number of carbonyl (C=O) groups is 3. The summed E-state index contributed by atoms with van der Waals surface area (Å²) in [5.41, 5.74) is -1.41. The molecule has 0 aromatic rings. The minimum absolute atomic E-state index is 0.0883. The van der Waals surface area contributed by atoms with E-state index in [4.69, 9.17) is 0 Å². The zero-order chi connectivity index (χ0) is 24.0. The molecule has 1 saturated heterocycles. The Hall–Kier alpha value is -2.41. The highest BCUT2D eigenvalue weighted by Gasteiger charge is 2.49.